The number of aromatic nitrogens is 2. The zero-order valence-electron chi connectivity index (χ0n) is 8.62. The first-order chi connectivity index (χ1) is 6.74. The van der Waals surface area contributed by atoms with Crippen molar-refractivity contribution in [2.24, 2.45) is 11.8 Å². The van der Waals surface area contributed by atoms with Gasteiger partial charge in [0, 0.05) is 12.7 Å². The fourth-order valence-corrected chi connectivity index (χ4v) is 2.75. The maximum atomic E-state index is 4.36. The third-order valence-corrected chi connectivity index (χ3v) is 3.52. The van der Waals surface area contributed by atoms with Crippen molar-refractivity contribution < 1.29 is 0 Å². The molecular formula is C11H17BrN2. The molecule has 1 heterocycles. The molecule has 0 spiro atoms. The van der Waals surface area contributed by atoms with E-state index in [9.17, 15) is 0 Å². The van der Waals surface area contributed by atoms with Gasteiger partial charge < -0.3 is 0 Å². The summed E-state index contributed by atoms with van der Waals surface area (Å²) >= 11 is 3.38. The van der Waals surface area contributed by atoms with Crippen molar-refractivity contribution in [3.8, 4) is 0 Å². The van der Waals surface area contributed by atoms with E-state index < -0.39 is 0 Å². The molecule has 0 saturated heterocycles. The Bertz CT molecular complexity index is 295. The highest BCUT2D eigenvalue weighted by molar-refractivity contribution is 9.10. The summed E-state index contributed by atoms with van der Waals surface area (Å²) in [5, 5.41) is 4.36. The second kappa shape index (κ2) is 4.47. The van der Waals surface area contributed by atoms with Gasteiger partial charge in [-0.2, -0.15) is 5.10 Å². The maximum absolute atomic E-state index is 4.36. The van der Waals surface area contributed by atoms with Gasteiger partial charge in [0.05, 0.1) is 0 Å². The Morgan fingerprint density at radius 3 is 3.07 bits per heavy atom. The molecule has 14 heavy (non-hydrogen) atoms. The predicted octanol–water partition coefficient (Wildman–Crippen LogP) is 3.47. The van der Waals surface area contributed by atoms with Crippen molar-refractivity contribution in [2.75, 3.05) is 0 Å². The van der Waals surface area contributed by atoms with Crippen LogP contribution in [0.25, 0.3) is 0 Å². The number of nitrogens with zero attached hydrogens (tertiary/aromatic N) is 2. The lowest BCUT2D eigenvalue weighted by Crippen LogP contribution is -2.18. The normalized spacial score (nSPS) is 27.9. The predicted molar refractivity (Wildman–Crippen MR) is 61.0 cm³/mol. The van der Waals surface area contributed by atoms with Gasteiger partial charge in [0.25, 0.3) is 0 Å². The summed E-state index contributed by atoms with van der Waals surface area (Å²) in [6.07, 6.45) is 7.62. The van der Waals surface area contributed by atoms with E-state index in [1.54, 1.807) is 0 Å². The molecule has 2 unspecified atom stereocenters. The zero-order valence-corrected chi connectivity index (χ0v) is 10.2. The van der Waals surface area contributed by atoms with Crippen LogP contribution in [0.15, 0.2) is 16.9 Å². The van der Waals surface area contributed by atoms with Crippen LogP contribution in [0, 0.1) is 11.8 Å². The van der Waals surface area contributed by atoms with Crippen molar-refractivity contribution in [1.29, 1.82) is 0 Å². The molecule has 3 heteroatoms. The molecule has 1 fully saturated rings. The number of rotatable bonds is 2. The van der Waals surface area contributed by atoms with Gasteiger partial charge in [-0.05, 0) is 46.7 Å². The Labute approximate surface area is 93.8 Å². The molecule has 0 aromatic carbocycles. The SMILES string of the molecule is CC1CCCC(Cn2ccc(Br)n2)C1. The average molecular weight is 257 g/mol. The molecule has 2 atom stereocenters. The largest absolute Gasteiger partial charge is 0.271 e. The van der Waals surface area contributed by atoms with E-state index in [1.807, 2.05) is 6.07 Å². The van der Waals surface area contributed by atoms with Crippen LogP contribution in [-0.4, -0.2) is 9.78 Å². The highest BCUT2D eigenvalue weighted by Crippen LogP contribution is 2.29. The lowest BCUT2D eigenvalue weighted by Gasteiger charge is -2.26. The van der Waals surface area contributed by atoms with E-state index in [2.05, 4.69) is 38.8 Å². The van der Waals surface area contributed by atoms with Crippen molar-refractivity contribution in [1.82, 2.24) is 9.78 Å². The highest BCUT2D eigenvalue weighted by atomic mass is 79.9. The minimum atomic E-state index is 0.838. The Kier molecular flexibility index (Phi) is 3.26. The second-order valence-electron chi connectivity index (χ2n) is 4.50. The summed E-state index contributed by atoms with van der Waals surface area (Å²) < 4.78 is 3.01. The third-order valence-electron chi connectivity index (χ3n) is 3.10. The molecule has 1 aromatic rings. The first-order valence-corrected chi connectivity index (χ1v) is 6.22. The summed E-state index contributed by atoms with van der Waals surface area (Å²) in [7, 11) is 0. The minimum Gasteiger partial charge on any atom is -0.271 e. The van der Waals surface area contributed by atoms with Gasteiger partial charge in [-0.15, -0.1) is 0 Å². The lowest BCUT2D eigenvalue weighted by molar-refractivity contribution is 0.250. The number of hydrogen-bond donors (Lipinski definition) is 0. The Balaban J connectivity index is 1.90. The molecule has 0 aliphatic heterocycles. The zero-order chi connectivity index (χ0) is 9.97. The Morgan fingerprint density at radius 1 is 1.57 bits per heavy atom. The topological polar surface area (TPSA) is 17.8 Å². The average Bonchev–Trinajstić information content (AvgIpc) is 2.51. The molecule has 1 aromatic heterocycles. The van der Waals surface area contributed by atoms with Crippen LogP contribution >= 0.6 is 15.9 Å². The smallest absolute Gasteiger partial charge is 0.128 e. The van der Waals surface area contributed by atoms with Crippen LogP contribution in [-0.2, 0) is 6.54 Å². The van der Waals surface area contributed by atoms with Crippen molar-refractivity contribution in [2.45, 2.75) is 39.2 Å². The fourth-order valence-electron chi connectivity index (χ4n) is 2.43. The van der Waals surface area contributed by atoms with Gasteiger partial charge >= 0.3 is 0 Å². The molecule has 1 aliphatic rings. The monoisotopic (exact) mass is 256 g/mol. The summed E-state index contributed by atoms with van der Waals surface area (Å²) in [5.74, 6) is 1.75. The van der Waals surface area contributed by atoms with Crippen molar-refractivity contribution >= 4 is 15.9 Å². The van der Waals surface area contributed by atoms with Gasteiger partial charge in [-0.25, -0.2) is 0 Å². The Morgan fingerprint density at radius 2 is 2.43 bits per heavy atom. The molecule has 2 rings (SSSR count). The van der Waals surface area contributed by atoms with Crippen molar-refractivity contribution in [3.05, 3.63) is 16.9 Å². The van der Waals surface area contributed by atoms with Gasteiger partial charge in [0.15, 0.2) is 0 Å². The van der Waals surface area contributed by atoms with E-state index in [1.165, 1.54) is 25.7 Å². The van der Waals surface area contributed by atoms with E-state index in [-0.39, 0.29) is 0 Å². The molecule has 1 saturated carbocycles. The molecule has 2 nitrogen and oxygen atoms in total. The van der Waals surface area contributed by atoms with Crippen LogP contribution in [0.5, 0.6) is 0 Å². The lowest BCUT2D eigenvalue weighted by atomic mass is 9.82. The number of hydrogen-bond acceptors (Lipinski definition) is 1. The highest BCUT2D eigenvalue weighted by Gasteiger charge is 2.19. The van der Waals surface area contributed by atoms with Crippen molar-refractivity contribution in [3.63, 3.8) is 0 Å². The molecule has 0 radical (unpaired) electrons. The molecule has 0 amide bonds. The fraction of sp³-hybridized carbons (Fsp3) is 0.727. The van der Waals surface area contributed by atoms with Gasteiger partial charge in [-0.1, -0.05) is 19.8 Å². The number of halogens is 1. The maximum Gasteiger partial charge on any atom is 0.128 e. The minimum absolute atomic E-state index is 0.838. The Hall–Kier alpha value is -0.310. The molecular weight excluding hydrogens is 240 g/mol. The van der Waals surface area contributed by atoms with E-state index in [0.29, 0.717) is 0 Å². The first kappa shape index (κ1) is 10.2. The molecule has 0 bridgehead atoms. The molecule has 0 N–H and O–H groups in total. The van der Waals surface area contributed by atoms with Crippen LogP contribution in [0.1, 0.15) is 32.6 Å². The van der Waals surface area contributed by atoms with Crippen LogP contribution in [0.2, 0.25) is 0 Å². The summed E-state index contributed by atoms with van der Waals surface area (Å²) in [4.78, 5) is 0. The van der Waals surface area contributed by atoms with E-state index in [4.69, 9.17) is 0 Å². The standard InChI is InChI=1S/C11H17BrN2/c1-9-3-2-4-10(7-9)8-14-6-5-11(12)13-14/h5-6,9-10H,2-4,7-8H2,1H3. The van der Waals surface area contributed by atoms with E-state index >= 15 is 0 Å². The molecule has 78 valence electrons. The van der Waals surface area contributed by atoms with Gasteiger partial charge in [0.2, 0.25) is 0 Å². The summed E-state index contributed by atoms with van der Waals surface area (Å²) in [6, 6.07) is 2.01. The van der Waals surface area contributed by atoms with Gasteiger partial charge in [0.1, 0.15) is 4.60 Å². The van der Waals surface area contributed by atoms with Crippen LogP contribution in [0.3, 0.4) is 0 Å². The third kappa shape index (κ3) is 2.59. The van der Waals surface area contributed by atoms with Crippen LogP contribution < -0.4 is 0 Å². The second-order valence-corrected chi connectivity index (χ2v) is 5.31. The summed E-state index contributed by atoms with van der Waals surface area (Å²) in [5.41, 5.74) is 0. The summed E-state index contributed by atoms with van der Waals surface area (Å²) in [6.45, 7) is 3.46. The quantitative estimate of drug-likeness (QED) is 0.793. The van der Waals surface area contributed by atoms with Crippen LogP contribution in [0.4, 0.5) is 0 Å². The molecule has 1 aliphatic carbocycles. The van der Waals surface area contributed by atoms with Gasteiger partial charge in [-0.3, -0.25) is 4.68 Å². The first-order valence-electron chi connectivity index (χ1n) is 5.43. The van der Waals surface area contributed by atoms with E-state index in [0.717, 1.165) is 23.0 Å².